The van der Waals surface area contributed by atoms with E-state index in [1.807, 2.05) is 0 Å². The van der Waals surface area contributed by atoms with Crippen LogP contribution in [0.2, 0.25) is 0 Å². The predicted octanol–water partition coefficient (Wildman–Crippen LogP) is 1.39. The number of nitrogens with one attached hydrogen (secondary N) is 1. The van der Waals surface area contributed by atoms with Crippen LogP contribution in [0.3, 0.4) is 0 Å². The lowest BCUT2D eigenvalue weighted by Gasteiger charge is -2.21. The molecular weight excluding hydrogens is 194 g/mol. The van der Waals surface area contributed by atoms with Gasteiger partial charge >= 0.3 is 0 Å². The minimum atomic E-state index is -0.633. The van der Waals surface area contributed by atoms with Crippen LogP contribution in [0.1, 0.15) is 25.7 Å². The Morgan fingerprint density at radius 2 is 2.21 bits per heavy atom. The number of hydrogen-bond donors (Lipinski definition) is 1. The molecule has 0 saturated heterocycles. The summed E-state index contributed by atoms with van der Waals surface area (Å²) in [4.78, 5) is 0. The highest BCUT2D eigenvalue weighted by molar-refractivity contribution is 7.84. The van der Waals surface area contributed by atoms with E-state index < -0.39 is 10.8 Å². The van der Waals surface area contributed by atoms with Gasteiger partial charge in [0.05, 0.1) is 0 Å². The molecule has 2 fully saturated rings. The Morgan fingerprint density at radius 1 is 1.36 bits per heavy atom. The maximum Gasteiger partial charge on any atom is 0.0357 e. The highest BCUT2D eigenvalue weighted by atomic mass is 32.2. The monoisotopic (exact) mass is 215 g/mol. The second-order valence-electron chi connectivity index (χ2n) is 4.92. The lowest BCUT2D eigenvalue weighted by molar-refractivity contribution is 0.321. The molecule has 3 heteroatoms. The van der Waals surface area contributed by atoms with E-state index in [1.165, 1.54) is 32.2 Å². The van der Waals surface area contributed by atoms with Crippen molar-refractivity contribution in [3.8, 4) is 0 Å². The molecule has 0 radical (unpaired) electrons. The van der Waals surface area contributed by atoms with E-state index in [9.17, 15) is 4.21 Å². The van der Waals surface area contributed by atoms with E-state index in [0.29, 0.717) is 0 Å². The third-order valence-electron chi connectivity index (χ3n) is 3.86. The Kier molecular flexibility index (Phi) is 3.61. The number of fused-ring (bicyclic) bond motifs is 2. The first-order valence-corrected chi connectivity index (χ1v) is 7.49. The zero-order chi connectivity index (χ0) is 9.97. The summed E-state index contributed by atoms with van der Waals surface area (Å²) in [6.45, 7) is 2.09. The predicted molar refractivity (Wildman–Crippen MR) is 60.7 cm³/mol. The van der Waals surface area contributed by atoms with Crippen LogP contribution in [0.25, 0.3) is 0 Å². The van der Waals surface area contributed by atoms with Gasteiger partial charge in [-0.15, -0.1) is 0 Å². The average molecular weight is 215 g/mol. The van der Waals surface area contributed by atoms with Crippen molar-refractivity contribution >= 4 is 10.8 Å². The lowest BCUT2D eigenvalue weighted by atomic mass is 9.89. The van der Waals surface area contributed by atoms with Crippen LogP contribution in [0.15, 0.2) is 0 Å². The van der Waals surface area contributed by atoms with Gasteiger partial charge in [0, 0.05) is 29.4 Å². The maximum atomic E-state index is 10.8. The summed E-state index contributed by atoms with van der Waals surface area (Å²) in [6, 6.07) is 0. The standard InChI is InChI=1S/C11H21NOS/c1-14(13)5-4-12-8-11-7-9-2-3-10(11)6-9/h9-12H,2-8H2,1H3. The van der Waals surface area contributed by atoms with Gasteiger partial charge in [0.15, 0.2) is 0 Å². The van der Waals surface area contributed by atoms with Crippen LogP contribution < -0.4 is 5.32 Å². The molecule has 1 N–H and O–H groups in total. The molecule has 0 spiro atoms. The zero-order valence-electron chi connectivity index (χ0n) is 9.00. The smallest absolute Gasteiger partial charge is 0.0357 e. The van der Waals surface area contributed by atoms with Gasteiger partial charge in [-0.05, 0) is 43.6 Å². The number of rotatable bonds is 5. The molecule has 0 amide bonds. The Hall–Kier alpha value is 0.110. The Bertz CT molecular complexity index is 219. The van der Waals surface area contributed by atoms with E-state index in [2.05, 4.69) is 5.32 Å². The molecule has 2 bridgehead atoms. The SMILES string of the molecule is CS(=O)CCNCC1CC2CCC1C2. The Morgan fingerprint density at radius 3 is 2.79 bits per heavy atom. The van der Waals surface area contributed by atoms with Crippen LogP contribution in [-0.2, 0) is 10.8 Å². The molecule has 2 nitrogen and oxygen atoms in total. The van der Waals surface area contributed by atoms with Crippen molar-refractivity contribution in [3.63, 3.8) is 0 Å². The summed E-state index contributed by atoms with van der Waals surface area (Å²) in [5.41, 5.74) is 0. The fourth-order valence-electron chi connectivity index (χ4n) is 3.13. The van der Waals surface area contributed by atoms with Crippen molar-refractivity contribution in [1.29, 1.82) is 0 Å². The van der Waals surface area contributed by atoms with Crippen molar-refractivity contribution in [1.82, 2.24) is 5.32 Å². The first-order valence-electron chi connectivity index (χ1n) is 5.76. The van der Waals surface area contributed by atoms with E-state index in [0.717, 1.165) is 30.1 Å². The van der Waals surface area contributed by atoms with Crippen molar-refractivity contribution in [2.75, 3.05) is 25.1 Å². The molecule has 0 aromatic rings. The van der Waals surface area contributed by atoms with Crippen molar-refractivity contribution in [2.45, 2.75) is 25.7 Å². The summed E-state index contributed by atoms with van der Waals surface area (Å²) < 4.78 is 10.8. The van der Waals surface area contributed by atoms with E-state index in [1.54, 1.807) is 6.26 Å². The molecular formula is C11H21NOS. The van der Waals surface area contributed by atoms with Crippen molar-refractivity contribution in [3.05, 3.63) is 0 Å². The summed E-state index contributed by atoms with van der Waals surface area (Å²) in [6.07, 6.45) is 7.68. The molecule has 0 aromatic heterocycles. The van der Waals surface area contributed by atoms with Gasteiger partial charge in [0.25, 0.3) is 0 Å². The molecule has 82 valence electrons. The van der Waals surface area contributed by atoms with Gasteiger partial charge in [0.1, 0.15) is 0 Å². The van der Waals surface area contributed by atoms with Gasteiger partial charge in [-0.25, -0.2) is 0 Å². The molecule has 0 aliphatic heterocycles. The summed E-state index contributed by atoms with van der Waals surface area (Å²) >= 11 is 0. The minimum absolute atomic E-state index is 0.633. The lowest BCUT2D eigenvalue weighted by Crippen LogP contribution is -2.29. The molecule has 0 aromatic carbocycles. The van der Waals surface area contributed by atoms with Crippen molar-refractivity contribution in [2.24, 2.45) is 17.8 Å². The van der Waals surface area contributed by atoms with E-state index in [-0.39, 0.29) is 0 Å². The third-order valence-corrected chi connectivity index (χ3v) is 4.64. The molecule has 2 rings (SSSR count). The van der Waals surface area contributed by atoms with Crippen LogP contribution >= 0.6 is 0 Å². The molecule has 4 atom stereocenters. The van der Waals surface area contributed by atoms with Crippen molar-refractivity contribution < 1.29 is 4.21 Å². The highest BCUT2D eigenvalue weighted by Gasteiger charge is 2.38. The third kappa shape index (κ3) is 2.57. The average Bonchev–Trinajstić information content (AvgIpc) is 2.73. The second kappa shape index (κ2) is 4.75. The van der Waals surface area contributed by atoms with Gasteiger partial charge in [-0.1, -0.05) is 6.42 Å². The van der Waals surface area contributed by atoms with Gasteiger partial charge in [-0.2, -0.15) is 0 Å². The van der Waals surface area contributed by atoms with Gasteiger partial charge in [0.2, 0.25) is 0 Å². The van der Waals surface area contributed by atoms with Crippen LogP contribution in [0.5, 0.6) is 0 Å². The molecule has 0 heterocycles. The van der Waals surface area contributed by atoms with Gasteiger partial charge in [-0.3, -0.25) is 4.21 Å². The first-order chi connectivity index (χ1) is 6.75. The summed E-state index contributed by atoms with van der Waals surface area (Å²) in [5, 5.41) is 3.45. The fraction of sp³-hybridized carbons (Fsp3) is 1.00. The Balaban J connectivity index is 1.60. The quantitative estimate of drug-likeness (QED) is 0.702. The molecule has 2 saturated carbocycles. The largest absolute Gasteiger partial charge is 0.316 e. The Labute approximate surface area is 89.3 Å². The molecule has 2 aliphatic carbocycles. The fourth-order valence-corrected chi connectivity index (χ4v) is 3.56. The molecule has 4 unspecified atom stereocenters. The second-order valence-corrected chi connectivity index (χ2v) is 6.47. The van der Waals surface area contributed by atoms with Crippen LogP contribution in [0.4, 0.5) is 0 Å². The van der Waals surface area contributed by atoms with Crippen LogP contribution in [0, 0.1) is 17.8 Å². The summed E-state index contributed by atoms with van der Waals surface area (Å²) in [5.74, 6) is 3.80. The number of hydrogen-bond acceptors (Lipinski definition) is 2. The molecule has 14 heavy (non-hydrogen) atoms. The highest BCUT2D eigenvalue weighted by Crippen LogP contribution is 2.47. The minimum Gasteiger partial charge on any atom is -0.316 e. The summed E-state index contributed by atoms with van der Waals surface area (Å²) in [7, 11) is -0.633. The maximum absolute atomic E-state index is 10.8. The van der Waals surface area contributed by atoms with E-state index in [4.69, 9.17) is 0 Å². The molecule has 2 aliphatic rings. The van der Waals surface area contributed by atoms with E-state index >= 15 is 0 Å². The topological polar surface area (TPSA) is 29.1 Å². The first kappa shape index (κ1) is 10.6. The normalized spacial score (nSPS) is 37.6. The zero-order valence-corrected chi connectivity index (χ0v) is 9.81. The van der Waals surface area contributed by atoms with Gasteiger partial charge < -0.3 is 5.32 Å². The van der Waals surface area contributed by atoms with Crippen LogP contribution in [-0.4, -0.2) is 29.3 Å².